The summed E-state index contributed by atoms with van der Waals surface area (Å²) in [7, 11) is 0. The lowest BCUT2D eigenvalue weighted by Gasteiger charge is -2.19. The van der Waals surface area contributed by atoms with Crippen molar-refractivity contribution in [1.82, 2.24) is 10.3 Å². The quantitative estimate of drug-likeness (QED) is 0.890. The Hall–Kier alpha value is -2.09. The molecule has 1 amide bonds. The van der Waals surface area contributed by atoms with Crippen LogP contribution in [0.3, 0.4) is 0 Å². The van der Waals surface area contributed by atoms with Gasteiger partial charge in [0.1, 0.15) is 17.4 Å². The van der Waals surface area contributed by atoms with Crippen LogP contribution in [0.4, 0.5) is 4.79 Å². The van der Waals surface area contributed by atoms with Gasteiger partial charge in [-0.3, -0.25) is 0 Å². The molecule has 19 heavy (non-hydrogen) atoms. The Morgan fingerprint density at radius 2 is 2.11 bits per heavy atom. The Kier molecular flexibility index (Phi) is 7.20. The van der Waals surface area contributed by atoms with Gasteiger partial charge in [-0.05, 0) is 38.5 Å². The number of hydrogen-bond acceptors (Lipinski definition) is 4. The Morgan fingerprint density at radius 1 is 1.47 bits per heavy atom. The van der Waals surface area contributed by atoms with Crippen LogP contribution in [0.1, 0.15) is 45.9 Å². The molecular formula is C14H21N3O2. The maximum atomic E-state index is 11.4. The second-order valence-corrected chi connectivity index (χ2v) is 4.52. The molecule has 0 fully saturated rings. The monoisotopic (exact) mass is 263 g/mol. The van der Waals surface area contributed by atoms with Crippen molar-refractivity contribution in [2.75, 3.05) is 0 Å². The molecule has 1 aromatic rings. The van der Waals surface area contributed by atoms with Crippen molar-refractivity contribution < 1.29 is 9.53 Å². The summed E-state index contributed by atoms with van der Waals surface area (Å²) in [5.74, 6) is 0. The van der Waals surface area contributed by atoms with Gasteiger partial charge in [-0.25, -0.2) is 9.78 Å². The molecule has 0 aliphatic rings. The minimum absolute atomic E-state index is 0.312. The number of aromatic nitrogens is 1. The minimum atomic E-state index is -0.514. The molecule has 0 aliphatic carbocycles. The standard InChI is InChI=1S/C12H15N3O2.C2H6/c1-12(2,3)17-11(16)15-8-9-4-5-14-10(6-9)7-13;1-2/h4-6H,8H2,1-3H3,(H,15,16);1-2H3. The molecule has 0 spiro atoms. The highest BCUT2D eigenvalue weighted by Crippen LogP contribution is 2.07. The lowest BCUT2D eigenvalue weighted by Crippen LogP contribution is -2.32. The largest absolute Gasteiger partial charge is 0.444 e. The van der Waals surface area contributed by atoms with Crippen molar-refractivity contribution in [3.8, 4) is 6.07 Å². The highest BCUT2D eigenvalue weighted by atomic mass is 16.6. The fourth-order valence-electron chi connectivity index (χ4n) is 1.13. The summed E-state index contributed by atoms with van der Waals surface area (Å²) in [5, 5.41) is 11.3. The highest BCUT2D eigenvalue weighted by molar-refractivity contribution is 5.67. The van der Waals surface area contributed by atoms with Gasteiger partial charge in [0.05, 0.1) is 0 Å². The molecule has 0 aromatic carbocycles. The first-order chi connectivity index (χ1) is 8.90. The molecule has 0 saturated heterocycles. The van der Waals surface area contributed by atoms with E-state index in [1.54, 1.807) is 32.9 Å². The molecule has 1 rings (SSSR count). The van der Waals surface area contributed by atoms with Crippen LogP contribution in [0.2, 0.25) is 0 Å². The van der Waals surface area contributed by atoms with Crippen LogP contribution in [0, 0.1) is 11.3 Å². The van der Waals surface area contributed by atoms with Crippen LogP contribution in [0.25, 0.3) is 0 Å². The lowest BCUT2D eigenvalue weighted by molar-refractivity contribution is 0.0523. The van der Waals surface area contributed by atoms with Gasteiger partial charge in [0, 0.05) is 12.7 Å². The van der Waals surface area contributed by atoms with Gasteiger partial charge < -0.3 is 10.1 Å². The van der Waals surface area contributed by atoms with Gasteiger partial charge in [0.2, 0.25) is 0 Å². The number of rotatable bonds is 2. The third kappa shape index (κ3) is 7.77. The number of carbonyl (C=O) groups is 1. The van der Waals surface area contributed by atoms with Gasteiger partial charge in [0.25, 0.3) is 0 Å². The number of amides is 1. The van der Waals surface area contributed by atoms with Crippen LogP contribution in [0.15, 0.2) is 18.3 Å². The Labute approximate surface area is 114 Å². The Balaban J connectivity index is 0.00000154. The third-order valence-electron chi connectivity index (χ3n) is 1.77. The number of carbonyl (C=O) groups excluding carboxylic acids is 1. The van der Waals surface area contributed by atoms with E-state index in [1.807, 2.05) is 19.9 Å². The molecule has 5 nitrogen and oxygen atoms in total. The molecular weight excluding hydrogens is 242 g/mol. The summed E-state index contributed by atoms with van der Waals surface area (Å²) in [6.45, 7) is 9.71. The smallest absolute Gasteiger partial charge is 0.407 e. The van der Waals surface area contributed by atoms with Crippen molar-refractivity contribution in [2.24, 2.45) is 0 Å². The van der Waals surface area contributed by atoms with Crippen molar-refractivity contribution in [1.29, 1.82) is 5.26 Å². The molecule has 104 valence electrons. The predicted molar refractivity (Wildman–Crippen MR) is 73.4 cm³/mol. The Bertz CT molecular complexity index is 445. The molecule has 0 radical (unpaired) electrons. The number of ether oxygens (including phenoxy) is 1. The molecule has 0 bridgehead atoms. The maximum Gasteiger partial charge on any atom is 0.407 e. The van der Waals surface area contributed by atoms with E-state index in [1.165, 1.54) is 6.20 Å². The van der Waals surface area contributed by atoms with E-state index in [4.69, 9.17) is 10.00 Å². The van der Waals surface area contributed by atoms with E-state index >= 15 is 0 Å². The topological polar surface area (TPSA) is 75.0 Å². The Morgan fingerprint density at radius 3 is 2.63 bits per heavy atom. The first-order valence-electron chi connectivity index (χ1n) is 6.22. The summed E-state index contributed by atoms with van der Waals surface area (Å²) in [6.07, 6.45) is 1.05. The van der Waals surface area contributed by atoms with E-state index in [9.17, 15) is 4.79 Å². The van der Waals surface area contributed by atoms with Crippen LogP contribution in [0.5, 0.6) is 0 Å². The van der Waals surface area contributed by atoms with Crippen LogP contribution in [-0.2, 0) is 11.3 Å². The van der Waals surface area contributed by atoms with Gasteiger partial charge in [0.15, 0.2) is 0 Å². The SMILES string of the molecule is CC.CC(C)(C)OC(=O)NCc1ccnc(C#N)c1. The summed E-state index contributed by atoms with van der Waals surface area (Å²) in [4.78, 5) is 15.2. The average Bonchev–Trinajstić information content (AvgIpc) is 2.37. The fourth-order valence-corrected chi connectivity index (χ4v) is 1.13. The summed E-state index contributed by atoms with van der Waals surface area (Å²) < 4.78 is 5.09. The highest BCUT2D eigenvalue weighted by Gasteiger charge is 2.15. The van der Waals surface area contributed by atoms with Crippen molar-refractivity contribution in [3.05, 3.63) is 29.6 Å². The molecule has 1 aromatic heterocycles. The zero-order valence-corrected chi connectivity index (χ0v) is 12.2. The predicted octanol–water partition coefficient (Wildman–Crippen LogP) is 3.00. The van der Waals surface area contributed by atoms with E-state index in [0.717, 1.165) is 5.56 Å². The average molecular weight is 263 g/mol. The number of pyridine rings is 1. The van der Waals surface area contributed by atoms with E-state index in [-0.39, 0.29) is 0 Å². The van der Waals surface area contributed by atoms with Gasteiger partial charge >= 0.3 is 6.09 Å². The fraction of sp³-hybridized carbons (Fsp3) is 0.500. The lowest BCUT2D eigenvalue weighted by atomic mass is 10.2. The molecule has 5 heteroatoms. The van der Waals surface area contributed by atoms with Crippen LogP contribution in [-0.4, -0.2) is 16.7 Å². The number of nitriles is 1. The molecule has 0 saturated carbocycles. The van der Waals surface area contributed by atoms with E-state index < -0.39 is 11.7 Å². The van der Waals surface area contributed by atoms with E-state index in [0.29, 0.717) is 12.2 Å². The molecule has 0 aliphatic heterocycles. The second-order valence-electron chi connectivity index (χ2n) is 4.52. The van der Waals surface area contributed by atoms with Crippen LogP contribution < -0.4 is 5.32 Å². The van der Waals surface area contributed by atoms with Gasteiger partial charge in [-0.2, -0.15) is 5.26 Å². The first-order valence-corrected chi connectivity index (χ1v) is 6.22. The zero-order valence-electron chi connectivity index (χ0n) is 12.2. The summed E-state index contributed by atoms with van der Waals surface area (Å²) in [6, 6.07) is 5.29. The summed E-state index contributed by atoms with van der Waals surface area (Å²) in [5.41, 5.74) is 0.621. The molecule has 1 N–H and O–H groups in total. The van der Waals surface area contributed by atoms with Gasteiger partial charge in [-0.15, -0.1) is 0 Å². The molecule has 0 atom stereocenters. The molecule has 0 unspecified atom stereocenters. The maximum absolute atomic E-state index is 11.4. The number of nitrogens with zero attached hydrogens (tertiary/aromatic N) is 2. The summed E-state index contributed by atoms with van der Waals surface area (Å²) >= 11 is 0. The van der Waals surface area contributed by atoms with Crippen molar-refractivity contribution in [3.63, 3.8) is 0 Å². The van der Waals surface area contributed by atoms with Gasteiger partial charge in [-0.1, -0.05) is 13.8 Å². The third-order valence-corrected chi connectivity index (χ3v) is 1.77. The number of alkyl carbamates (subject to hydrolysis) is 1. The normalized spacial score (nSPS) is 9.68. The van der Waals surface area contributed by atoms with Crippen LogP contribution >= 0.6 is 0 Å². The second kappa shape index (κ2) is 8.09. The van der Waals surface area contributed by atoms with Crippen molar-refractivity contribution in [2.45, 2.75) is 46.8 Å². The minimum Gasteiger partial charge on any atom is -0.444 e. The number of hydrogen-bond donors (Lipinski definition) is 1. The van der Waals surface area contributed by atoms with E-state index in [2.05, 4.69) is 10.3 Å². The zero-order chi connectivity index (χ0) is 14.9. The first kappa shape index (κ1) is 16.9. The number of nitrogens with one attached hydrogen (secondary N) is 1. The van der Waals surface area contributed by atoms with Crippen molar-refractivity contribution >= 4 is 6.09 Å². The molecule has 1 heterocycles.